The lowest BCUT2D eigenvalue weighted by atomic mass is 10.2. The summed E-state index contributed by atoms with van der Waals surface area (Å²) in [7, 11) is 3.40. The van der Waals surface area contributed by atoms with E-state index >= 15 is 0 Å². The summed E-state index contributed by atoms with van der Waals surface area (Å²) in [4.78, 5) is 4.27. The third kappa shape index (κ3) is 6.94. The Morgan fingerprint density at radius 2 is 2.20 bits per heavy atom. The van der Waals surface area contributed by atoms with E-state index in [2.05, 4.69) is 15.6 Å². The lowest BCUT2D eigenvalue weighted by Crippen LogP contribution is -2.39. The molecule has 1 aliphatic rings. The van der Waals surface area contributed by atoms with Gasteiger partial charge in [0.1, 0.15) is 0 Å². The predicted octanol–water partition coefficient (Wildman–Crippen LogP) is 3.93. The van der Waals surface area contributed by atoms with Gasteiger partial charge in [-0.1, -0.05) is 11.6 Å². The zero-order valence-electron chi connectivity index (χ0n) is 14.9. The van der Waals surface area contributed by atoms with Crippen LogP contribution in [0.25, 0.3) is 0 Å². The van der Waals surface area contributed by atoms with Gasteiger partial charge in [0.05, 0.1) is 18.7 Å². The Labute approximate surface area is 176 Å². The Kier molecular flexibility index (Phi) is 10.8. The van der Waals surface area contributed by atoms with E-state index < -0.39 is 0 Å². The maximum absolute atomic E-state index is 6.31. The number of hydrogen-bond donors (Lipinski definition) is 2. The first kappa shape index (κ1) is 22.5. The van der Waals surface area contributed by atoms with Gasteiger partial charge in [0, 0.05) is 25.4 Å². The first-order valence-electron chi connectivity index (χ1n) is 8.23. The third-order valence-corrected chi connectivity index (χ3v) is 5.46. The molecule has 8 heteroatoms. The van der Waals surface area contributed by atoms with Gasteiger partial charge in [0.15, 0.2) is 17.5 Å². The summed E-state index contributed by atoms with van der Waals surface area (Å²) in [6, 6.07) is 3.83. The van der Waals surface area contributed by atoms with Crippen LogP contribution in [0, 0.1) is 0 Å². The Hall–Kier alpha value is -0.540. The fourth-order valence-electron chi connectivity index (χ4n) is 2.58. The van der Waals surface area contributed by atoms with E-state index in [-0.39, 0.29) is 24.0 Å². The van der Waals surface area contributed by atoms with Crippen LogP contribution in [0.5, 0.6) is 11.5 Å². The van der Waals surface area contributed by atoms with Crippen LogP contribution in [0.4, 0.5) is 0 Å². The number of hydrogen-bond acceptors (Lipinski definition) is 4. The molecule has 1 unspecified atom stereocenters. The Balaban J connectivity index is 0.00000312. The van der Waals surface area contributed by atoms with Crippen LogP contribution in [0.3, 0.4) is 0 Å². The average Bonchev–Trinajstić information content (AvgIpc) is 3.10. The summed E-state index contributed by atoms with van der Waals surface area (Å²) < 4.78 is 10.9. The summed E-state index contributed by atoms with van der Waals surface area (Å²) in [6.07, 6.45) is 2.59. The number of nitrogens with one attached hydrogen (secondary N) is 2. The van der Waals surface area contributed by atoms with Crippen molar-refractivity contribution in [2.24, 2.45) is 4.99 Å². The quantitative estimate of drug-likeness (QED) is 0.338. The van der Waals surface area contributed by atoms with E-state index in [0.29, 0.717) is 34.9 Å². The van der Waals surface area contributed by atoms with E-state index in [4.69, 9.17) is 21.1 Å². The number of rotatable bonds is 7. The lowest BCUT2D eigenvalue weighted by molar-refractivity contribution is 0.311. The molecule has 0 radical (unpaired) electrons. The first-order chi connectivity index (χ1) is 11.7. The van der Waals surface area contributed by atoms with Gasteiger partial charge >= 0.3 is 0 Å². The summed E-state index contributed by atoms with van der Waals surface area (Å²) in [5.74, 6) is 3.30. The normalized spacial score (nSPS) is 17.0. The van der Waals surface area contributed by atoms with Crippen LogP contribution >= 0.6 is 47.3 Å². The number of benzene rings is 1. The van der Waals surface area contributed by atoms with Crippen molar-refractivity contribution in [3.63, 3.8) is 0 Å². The molecular formula is C17H27ClIN3O2S. The molecule has 0 amide bonds. The van der Waals surface area contributed by atoms with Crippen LogP contribution in [0.1, 0.15) is 25.3 Å². The number of aliphatic imine (C=N–C) groups is 1. The molecule has 2 N–H and O–H groups in total. The van der Waals surface area contributed by atoms with Crippen molar-refractivity contribution in [2.45, 2.75) is 31.6 Å². The molecule has 1 fully saturated rings. The van der Waals surface area contributed by atoms with Crippen molar-refractivity contribution in [1.82, 2.24) is 10.6 Å². The second kappa shape index (κ2) is 12.0. The number of halogens is 2. The second-order valence-corrected chi connectivity index (χ2v) is 7.30. The van der Waals surface area contributed by atoms with E-state index in [0.717, 1.165) is 18.1 Å². The Bertz CT molecular complexity index is 569. The molecule has 1 aromatic rings. The number of methoxy groups -OCH3 is 1. The molecule has 25 heavy (non-hydrogen) atoms. The minimum absolute atomic E-state index is 0. The van der Waals surface area contributed by atoms with Crippen molar-refractivity contribution in [2.75, 3.05) is 33.1 Å². The maximum Gasteiger partial charge on any atom is 0.191 e. The van der Waals surface area contributed by atoms with Gasteiger partial charge in [-0.2, -0.15) is 11.8 Å². The Morgan fingerprint density at radius 3 is 2.80 bits per heavy atom. The monoisotopic (exact) mass is 499 g/mol. The molecule has 0 bridgehead atoms. The fraction of sp³-hybridized carbons (Fsp3) is 0.588. The second-order valence-electron chi connectivity index (χ2n) is 5.48. The minimum Gasteiger partial charge on any atom is -0.493 e. The fourth-order valence-corrected chi connectivity index (χ4v) is 4.07. The lowest BCUT2D eigenvalue weighted by Gasteiger charge is -2.16. The van der Waals surface area contributed by atoms with Gasteiger partial charge in [-0.05, 0) is 43.2 Å². The van der Waals surface area contributed by atoms with Gasteiger partial charge in [-0.25, -0.2) is 0 Å². The standard InChI is InChI=1S/C17H26ClN3O2S.HI/c1-4-23-16-14(18)8-12(9-15(16)22-3)10-20-17(19-2)21-11-13-6-5-7-24-13;/h8-9,13H,4-7,10-11H2,1-3H3,(H2,19,20,21);1H. The molecule has 0 saturated carbocycles. The molecule has 142 valence electrons. The molecule has 1 aliphatic heterocycles. The third-order valence-electron chi connectivity index (χ3n) is 3.78. The summed E-state index contributed by atoms with van der Waals surface area (Å²) in [6.45, 7) is 4.02. The van der Waals surface area contributed by atoms with Gasteiger partial charge in [-0.3, -0.25) is 4.99 Å². The van der Waals surface area contributed by atoms with Crippen molar-refractivity contribution in [3.8, 4) is 11.5 Å². The van der Waals surface area contributed by atoms with Crippen LogP contribution in [-0.4, -0.2) is 44.3 Å². The highest BCUT2D eigenvalue weighted by atomic mass is 127. The number of guanidine groups is 1. The topological polar surface area (TPSA) is 54.9 Å². The van der Waals surface area contributed by atoms with Crippen LogP contribution in [0.2, 0.25) is 5.02 Å². The minimum atomic E-state index is 0. The SMILES string of the molecule is CCOc1c(Cl)cc(CNC(=NC)NCC2CCCS2)cc1OC.I. The molecule has 1 heterocycles. The van der Waals surface area contributed by atoms with E-state index in [1.54, 1.807) is 14.2 Å². The number of ether oxygens (including phenoxy) is 2. The van der Waals surface area contributed by atoms with E-state index in [9.17, 15) is 0 Å². The molecular weight excluding hydrogens is 473 g/mol. The molecule has 1 atom stereocenters. The number of thioether (sulfide) groups is 1. The van der Waals surface area contributed by atoms with Gasteiger partial charge in [-0.15, -0.1) is 24.0 Å². The van der Waals surface area contributed by atoms with Crippen molar-refractivity contribution in [3.05, 3.63) is 22.7 Å². The predicted molar refractivity (Wildman–Crippen MR) is 118 cm³/mol. The molecule has 1 aromatic carbocycles. The average molecular weight is 500 g/mol. The highest BCUT2D eigenvalue weighted by Crippen LogP contribution is 2.36. The molecule has 5 nitrogen and oxygen atoms in total. The number of nitrogens with zero attached hydrogens (tertiary/aromatic N) is 1. The highest BCUT2D eigenvalue weighted by molar-refractivity contribution is 14.0. The van der Waals surface area contributed by atoms with Crippen molar-refractivity contribution in [1.29, 1.82) is 0 Å². The molecule has 0 aliphatic carbocycles. The zero-order valence-corrected chi connectivity index (χ0v) is 18.8. The summed E-state index contributed by atoms with van der Waals surface area (Å²) in [5.41, 5.74) is 1.01. The van der Waals surface area contributed by atoms with Crippen molar-refractivity contribution >= 4 is 53.3 Å². The first-order valence-corrected chi connectivity index (χ1v) is 9.66. The van der Waals surface area contributed by atoms with Crippen LogP contribution in [0.15, 0.2) is 17.1 Å². The molecule has 2 rings (SSSR count). The van der Waals surface area contributed by atoms with Crippen LogP contribution < -0.4 is 20.1 Å². The van der Waals surface area contributed by atoms with Gasteiger partial charge in [0.2, 0.25) is 0 Å². The van der Waals surface area contributed by atoms with Gasteiger partial charge in [0.25, 0.3) is 0 Å². The molecule has 0 spiro atoms. The maximum atomic E-state index is 6.31. The van der Waals surface area contributed by atoms with Crippen molar-refractivity contribution < 1.29 is 9.47 Å². The van der Waals surface area contributed by atoms with Gasteiger partial charge < -0.3 is 20.1 Å². The summed E-state index contributed by atoms with van der Waals surface area (Å²) >= 11 is 8.34. The Morgan fingerprint density at radius 1 is 1.40 bits per heavy atom. The zero-order chi connectivity index (χ0) is 17.4. The molecule has 1 saturated heterocycles. The van der Waals surface area contributed by atoms with E-state index in [1.807, 2.05) is 30.8 Å². The smallest absolute Gasteiger partial charge is 0.191 e. The molecule has 0 aromatic heterocycles. The highest BCUT2D eigenvalue weighted by Gasteiger charge is 2.16. The van der Waals surface area contributed by atoms with Crippen LogP contribution in [-0.2, 0) is 6.54 Å². The largest absolute Gasteiger partial charge is 0.493 e. The summed E-state index contributed by atoms with van der Waals surface area (Å²) in [5, 5.41) is 7.94. The van der Waals surface area contributed by atoms with E-state index in [1.165, 1.54) is 18.6 Å².